The fourth-order valence-electron chi connectivity index (χ4n) is 0.992. The number of methoxy groups -OCH3 is 1. The highest BCUT2D eigenvalue weighted by atomic mass is 32.2. The minimum absolute atomic E-state index is 0.251. The van der Waals surface area contributed by atoms with Crippen LogP contribution in [0, 0.1) is 0 Å². The zero-order valence-corrected chi connectivity index (χ0v) is 10.2. The number of aryl methyl sites for hydroxylation is 1. The zero-order valence-electron chi connectivity index (χ0n) is 8.61. The molecule has 1 heterocycles. The van der Waals surface area contributed by atoms with Gasteiger partial charge in [0, 0.05) is 10.4 Å². The van der Waals surface area contributed by atoms with E-state index in [1.54, 1.807) is 11.3 Å². The Balaban J connectivity index is 2.70. The average molecular weight is 244 g/mol. The Morgan fingerprint density at radius 1 is 1.67 bits per heavy atom. The summed E-state index contributed by atoms with van der Waals surface area (Å²) < 4.78 is 5.43. The molecule has 0 aromatic carbocycles. The lowest BCUT2D eigenvalue weighted by atomic mass is 10.3. The molecule has 1 aromatic heterocycles. The molecule has 0 aliphatic heterocycles. The van der Waals surface area contributed by atoms with Crippen molar-refractivity contribution in [2.24, 2.45) is 0 Å². The molecule has 0 N–H and O–H groups in total. The van der Waals surface area contributed by atoms with Crippen LogP contribution in [0.3, 0.4) is 0 Å². The van der Waals surface area contributed by atoms with Crippen LogP contribution in [-0.4, -0.2) is 25.1 Å². The van der Waals surface area contributed by atoms with Gasteiger partial charge in [-0.05, 0) is 12.5 Å². The van der Waals surface area contributed by atoms with Crippen LogP contribution in [0.5, 0.6) is 0 Å². The Labute approximate surface area is 96.8 Å². The average Bonchev–Trinajstić information content (AvgIpc) is 2.68. The fraction of sp³-hybridized carbons (Fsp3) is 0.400. The SMILES string of the molecule is CCc1cc(C=O)c(SCC(=O)OC)s1. The molecule has 1 rings (SSSR count). The van der Waals surface area contributed by atoms with Crippen molar-refractivity contribution in [3.63, 3.8) is 0 Å². The van der Waals surface area contributed by atoms with E-state index < -0.39 is 0 Å². The van der Waals surface area contributed by atoms with Gasteiger partial charge >= 0.3 is 5.97 Å². The number of rotatable bonds is 5. The van der Waals surface area contributed by atoms with Gasteiger partial charge in [-0.1, -0.05) is 6.92 Å². The van der Waals surface area contributed by atoms with Crippen LogP contribution in [0.25, 0.3) is 0 Å². The van der Waals surface area contributed by atoms with E-state index >= 15 is 0 Å². The van der Waals surface area contributed by atoms with E-state index in [9.17, 15) is 9.59 Å². The predicted octanol–water partition coefficient (Wildman–Crippen LogP) is 2.39. The summed E-state index contributed by atoms with van der Waals surface area (Å²) in [6, 6.07) is 1.87. The number of hydrogen-bond donors (Lipinski definition) is 0. The molecule has 15 heavy (non-hydrogen) atoms. The third-order valence-electron chi connectivity index (χ3n) is 1.80. The number of ether oxygens (including phenoxy) is 1. The van der Waals surface area contributed by atoms with Crippen LogP contribution in [0.1, 0.15) is 22.2 Å². The summed E-state index contributed by atoms with van der Waals surface area (Å²) in [7, 11) is 1.36. The lowest BCUT2D eigenvalue weighted by Gasteiger charge is -1.97. The van der Waals surface area contributed by atoms with Crippen molar-refractivity contribution < 1.29 is 14.3 Å². The molecule has 0 saturated heterocycles. The topological polar surface area (TPSA) is 43.4 Å². The molecule has 0 bridgehead atoms. The van der Waals surface area contributed by atoms with E-state index in [-0.39, 0.29) is 11.7 Å². The number of aldehydes is 1. The molecule has 0 amide bonds. The van der Waals surface area contributed by atoms with Gasteiger partial charge in [-0.15, -0.1) is 23.1 Å². The second-order valence-corrected chi connectivity index (χ2v) is 5.17. The van der Waals surface area contributed by atoms with E-state index in [0.29, 0.717) is 5.56 Å². The molecule has 82 valence electrons. The Hall–Kier alpha value is -0.810. The van der Waals surface area contributed by atoms with Crippen molar-refractivity contribution in [3.8, 4) is 0 Å². The van der Waals surface area contributed by atoms with Gasteiger partial charge in [0.25, 0.3) is 0 Å². The van der Waals surface area contributed by atoms with Gasteiger partial charge in [-0.25, -0.2) is 0 Å². The van der Waals surface area contributed by atoms with Gasteiger partial charge in [0.05, 0.1) is 17.1 Å². The first kappa shape index (κ1) is 12.3. The standard InChI is InChI=1S/C10H12O3S2/c1-3-8-4-7(5-11)10(15-8)14-6-9(12)13-2/h4-5H,3,6H2,1-2H3. The maximum Gasteiger partial charge on any atom is 0.316 e. The first-order valence-corrected chi connectivity index (χ1v) is 6.29. The van der Waals surface area contributed by atoms with Crippen LogP contribution in [0.2, 0.25) is 0 Å². The Morgan fingerprint density at radius 3 is 2.93 bits per heavy atom. The molecule has 0 spiro atoms. The van der Waals surface area contributed by atoms with Gasteiger partial charge in [-0.3, -0.25) is 9.59 Å². The van der Waals surface area contributed by atoms with Crippen molar-refractivity contribution in [2.75, 3.05) is 12.9 Å². The maximum absolute atomic E-state index is 10.9. The molecule has 3 nitrogen and oxygen atoms in total. The zero-order chi connectivity index (χ0) is 11.3. The number of thiophene rings is 1. The van der Waals surface area contributed by atoms with Crippen molar-refractivity contribution >= 4 is 35.4 Å². The summed E-state index contributed by atoms with van der Waals surface area (Å²) in [5.41, 5.74) is 0.672. The van der Waals surface area contributed by atoms with Crippen LogP contribution >= 0.6 is 23.1 Å². The van der Waals surface area contributed by atoms with E-state index in [1.165, 1.54) is 18.9 Å². The lowest BCUT2D eigenvalue weighted by Crippen LogP contribution is -2.02. The molecule has 0 aliphatic rings. The summed E-state index contributed by atoms with van der Waals surface area (Å²) in [6.45, 7) is 2.04. The molecule has 1 aromatic rings. The van der Waals surface area contributed by atoms with Crippen LogP contribution in [-0.2, 0) is 16.0 Å². The quantitative estimate of drug-likeness (QED) is 0.453. The third-order valence-corrected chi connectivity index (χ3v) is 4.37. The molecule has 0 fully saturated rings. The number of carbonyl (C=O) groups is 2. The summed E-state index contributed by atoms with van der Waals surface area (Å²) in [5.74, 6) is -0.0237. The third kappa shape index (κ3) is 3.35. The molecule has 0 saturated carbocycles. The van der Waals surface area contributed by atoms with Gasteiger partial charge in [-0.2, -0.15) is 0 Å². The molecule has 0 unspecified atom stereocenters. The summed E-state index contributed by atoms with van der Waals surface area (Å²) in [5, 5.41) is 0. The van der Waals surface area contributed by atoms with E-state index in [0.717, 1.165) is 21.8 Å². The minimum Gasteiger partial charge on any atom is -0.468 e. The largest absolute Gasteiger partial charge is 0.468 e. The molecule has 0 radical (unpaired) electrons. The van der Waals surface area contributed by atoms with Gasteiger partial charge < -0.3 is 4.74 Å². The van der Waals surface area contributed by atoms with Crippen molar-refractivity contribution in [1.82, 2.24) is 0 Å². The first-order chi connectivity index (χ1) is 7.21. The van der Waals surface area contributed by atoms with Crippen molar-refractivity contribution in [1.29, 1.82) is 0 Å². The van der Waals surface area contributed by atoms with Gasteiger partial charge in [0.2, 0.25) is 0 Å². The summed E-state index contributed by atoms with van der Waals surface area (Å²) >= 11 is 2.91. The number of esters is 1. The summed E-state index contributed by atoms with van der Waals surface area (Å²) in [6.07, 6.45) is 1.74. The molecule has 5 heteroatoms. The molecule has 0 atom stereocenters. The second-order valence-electron chi connectivity index (χ2n) is 2.79. The lowest BCUT2D eigenvalue weighted by molar-refractivity contribution is -0.137. The molecular formula is C10H12O3S2. The van der Waals surface area contributed by atoms with E-state index in [1.807, 2.05) is 13.0 Å². The predicted molar refractivity (Wildman–Crippen MR) is 61.8 cm³/mol. The number of thioether (sulfide) groups is 1. The second kappa shape index (κ2) is 5.92. The maximum atomic E-state index is 10.9. The Morgan fingerprint density at radius 2 is 2.40 bits per heavy atom. The normalized spacial score (nSPS) is 10.0. The van der Waals surface area contributed by atoms with E-state index in [2.05, 4.69) is 4.74 Å². The highest BCUT2D eigenvalue weighted by Gasteiger charge is 2.10. The fourth-order valence-corrected chi connectivity index (χ4v) is 3.16. The Bertz CT molecular complexity index is 358. The van der Waals surface area contributed by atoms with Crippen LogP contribution in [0.15, 0.2) is 10.3 Å². The highest BCUT2D eigenvalue weighted by molar-refractivity contribution is 8.01. The minimum atomic E-state index is -0.275. The Kier molecular flexibility index (Phi) is 4.84. The highest BCUT2D eigenvalue weighted by Crippen LogP contribution is 2.31. The monoisotopic (exact) mass is 244 g/mol. The van der Waals surface area contributed by atoms with E-state index in [4.69, 9.17) is 0 Å². The van der Waals surface area contributed by atoms with Gasteiger partial charge in [0.1, 0.15) is 0 Å². The smallest absolute Gasteiger partial charge is 0.316 e. The van der Waals surface area contributed by atoms with Crippen LogP contribution in [0.4, 0.5) is 0 Å². The van der Waals surface area contributed by atoms with Crippen LogP contribution < -0.4 is 0 Å². The molecule has 0 aliphatic carbocycles. The van der Waals surface area contributed by atoms with Crippen molar-refractivity contribution in [2.45, 2.75) is 17.6 Å². The molecular weight excluding hydrogens is 232 g/mol. The van der Waals surface area contributed by atoms with Crippen molar-refractivity contribution in [3.05, 3.63) is 16.5 Å². The number of carbonyl (C=O) groups excluding carboxylic acids is 2. The number of hydrogen-bond acceptors (Lipinski definition) is 5. The summed E-state index contributed by atoms with van der Waals surface area (Å²) in [4.78, 5) is 22.8. The van der Waals surface area contributed by atoms with Gasteiger partial charge in [0.15, 0.2) is 6.29 Å². The first-order valence-electron chi connectivity index (χ1n) is 4.48.